The number of aryl methyl sites for hydroxylation is 1. The molecule has 0 unspecified atom stereocenters. The summed E-state index contributed by atoms with van der Waals surface area (Å²) < 4.78 is 20.6. The van der Waals surface area contributed by atoms with Gasteiger partial charge in [-0.2, -0.15) is 5.10 Å². The van der Waals surface area contributed by atoms with Crippen LogP contribution >= 0.6 is 0 Å². The summed E-state index contributed by atoms with van der Waals surface area (Å²) >= 11 is 0. The van der Waals surface area contributed by atoms with Gasteiger partial charge in [-0.05, 0) is 43.7 Å². The molecule has 0 aliphatic heterocycles. The fourth-order valence-electron chi connectivity index (χ4n) is 2.58. The van der Waals surface area contributed by atoms with Crippen molar-refractivity contribution in [2.75, 3.05) is 6.61 Å². The van der Waals surface area contributed by atoms with E-state index in [-0.39, 0.29) is 17.9 Å². The van der Waals surface area contributed by atoms with Crippen LogP contribution in [0.2, 0.25) is 0 Å². The van der Waals surface area contributed by atoms with E-state index in [1.165, 1.54) is 16.9 Å². The van der Waals surface area contributed by atoms with Crippen LogP contribution in [-0.2, 0) is 4.79 Å². The van der Waals surface area contributed by atoms with Crippen LogP contribution in [0.15, 0.2) is 54.7 Å². The second-order valence-corrected chi connectivity index (χ2v) is 6.11. The molecule has 7 nitrogen and oxygen atoms in total. The van der Waals surface area contributed by atoms with E-state index in [9.17, 15) is 14.0 Å². The number of rotatable bonds is 5. The van der Waals surface area contributed by atoms with Crippen molar-refractivity contribution in [3.63, 3.8) is 0 Å². The van der Waals surface area contributed by atoms with Gasteiger partial charge in [-0.25, -0.2) is 9.07 Å². The molecule has 1 aromatic heterocycles. The Morgan fingerprint density at radius 3 is 2.64 bits per heavy atom. The summed E-state index contributed by atoms with van der Waals surface area (Å²) in [5.41, 5.74) is 6.47. The summed E-state index contributed by atoms with van der Waals surface area (Å²) in [6.45, 7) is 3.30. The lowest BCUT2D eigenvalue weighted by molar-refractivity contribution is -0.123. The Hall–Kier alpha value is -3.68. The molecule has 0 spiro atoms. The zero-order chi connectivity index (χ0) is 20.1. The minimum absolute atomic E-state index is 0.211. The van der Waals surface area contributed by atoms with Crippen molar-refractivity contribution in [1.29, 1.82) is 0 Å². The molecule has 144 valence electrons. The van der Waals surface area contributed by atoms with E-state index in [0.29, 0.717) is 11.4 Å². The number of carbonyl (C=O) groups is 2. The number of hydrogen-bond acceptors (Lipinski definition) is 4. The zero-order valence-electron chi connectivity index (χ0n) is 15.4. The zero-order valence-corrected chi connectivity index (χ0v) is 15.4. The third-order valence-corrected chi connectivity index (χ3v) is 4.01. The summed E-state index contributed by atoms with van der Waals surface area (Å²) in [4.78, 5) is 24.2. The molecule has 0 bridgehead atoms. The molecule has 3 aromatic rings. The molecule has 2 amide bonds. The minimum Gasteiger partial charge on any atom is -0.484 e. The number of benzene rings is 2. The lowest BCUT2D eigenvalue weighted by atomic mass is 10.2. The number of nitrogens with zero attached hydrogens (tertiary/aromatic N) is 2. The number of nitrogens with one attached hydrogen (secondary N) is 2. The average molecular weight is 382 g/mol. The number of hydrogen-bond donors (Lipinski definition) is 2. The highest BCUT2D eigenvalue weighted by molar-refractivity contribution is 5.96. The Labute approximate surface area is 161 Å². The Balaban J connectivity index is 1.58. The summed E-state index contributed by atoms with van der Waals surface area (Å²) in [6.07, 6.45) is 1.31. The summed E-state index contributed by atoms with van der Waals surface area (Å²) in [5.74, 6) is -0.983. The molecule has 1 heterocycles. The number of aromatic nitrogens is 2. The SMILES string of the molecule is Cc1cccc(OCC(=O)NNC(=O)c2cnn(-c3ccccc3F)c2C)c1. The van der Waals surface area contributed by atoms with Crippen LogP contribution in [0.25, 0.3) is 5.69 Å². The Morgan fingerprint density at radius 1 is 1.11 bits per heavy atom. The maximum absolute atomic E-state index is 13.9. The Bertz CT molecular complexity index is 1020. The number of hydrazine groups is 1. The third kappa shape index (κ3) is 4.35. The second-order valence-electron chi connectivity index (χ2n) is 6.11. The van der Waals surface area contributed by atoms with Crippen LogP contribution < -0.4 is 15.6 Å². The molecular formula is C20H19FN4O3. The van der Waals surface area contributed by atoms with E-state index >= 15 is 0 Å². The van der Waals surface area contributed by atoms with Crippen LogP contribution in [-0.4, -0.2) is 28.2 Å². The van der Waals surface area contributed by atoms with E-state index in [1.807, 2.05) is 19.1 Å². The predicted octanol–water partition coefficient (Wildman–Crippen LogP) is 2.47. The quantitative estimate of drug-likeness (QED) is 0.664. The van der Waals surface area contributed by atoms with Crippen LogP contribution in [0.4, 0.5) is 4.39 Å². The first-order chi connectivity index (χ1) is 13.5. The van der Waals surface area contributed by atoms with Gasteiger partial charge in [0, 0.05) is 0 Å². The predicted molar refractivity (Wildman–Crippen MR) is 101 cm³/mol. The van der Waals surface area contributed by atoms with E-state index in [1.54, 1.807) is 37.3 Å². The molecule has 3 rings (SSSR count). The number of ether oxygens (including phenoxy) is 1. The smallest absolute Gasteiger partial charge is 0.276 e. The molecule has 2 aromatic carbocycles. The van der Waals surface area contributed by atoms with Gasteiger partial charge in [0.05, 0.1) is 17.5 Å². The number of amides is 2. The van der Waals surface area contributed by atoms with Gasteiger partial charge in [-0.15, -0.1) is 0 Å². The normalized spacial score (nSPS) is 10.4. The third-order valence-electron chi connectivity index (χ3n) is 4.01. The number of halogens is 1. The minimum atomic E-state index is -0.566. The van der Waals surface area contributed by atoms with Gasteiger partial charge in [-0.3, -0.25) is 20.4 Å². The first kappa shape index (κ1) is 19.1. The first-order valence-corrected chi connectivity index (χ1v) is 8.54. The Morgan fingerprint density at radius 2 is 1.89 bits per heavy atom. The fourth-order valence-corrected chi connectivity index (χ4v) is 2.58. The van der Waals surface area contributed by atoms with Gasteiger partial charge >= 0.3 is 0 Å². The molecule has 0 radical (unpaired) electrons. The fraction of sp³-hybridized carbons (Fsp3) is 0.150. The molecule has 0 fully saturated rings. The van der Waals surface area contributed by atoms with Gasteiger partial charge in [0.1, 0.15) is 17.3 Å². The van der Waals surface area contributed by atoms with Crippen molar-refractivity contribution in [1.82, 2.24) is 20.6 Å². The summed E-state index contributed by atoms with van der Waals surface area (Å²) in [5, 5.41) is 4.06. The van der Waals surface area contributed by atoms with E-state index < -0.39 is 17.6 Å². The van der Waals surface area contributed by atoms with E-state index in [2.05, 4.69) is 16.0 Å². The van der Waals surface area contributed by atoms with E-state index in [4.69, 9.17) is 4.74 Å². The van der Waals surface area contributed by atoms with Crippen molar-refractivity contribution in [3.05, 3.63) is 77.4 Å². The molecule has 0 atom stereocenters. The lowest BCUT2D eigenvalue weighted by Crippen LogP contribution is -2.44. The number of para-hydroxylation sites is 1. The van der Waals surface area contributed by atoms with Crippen LogP contribution in [0, 0.1) is 19.7 Å². The van der Waals surface area contributed by atoms with Gasteiger partial charge in [0.15, 0.2) is 6.61 Å². The van der Waals surface area contributed by atoms with Crippen molar-refractivity contribution in [2.24, 2.45) is 0 Å². The van der Waals surface area contributed by atoms with Crippen molar-refractivity contribution in [3.8, 4) is 11.4 Å². The highest BCUT2D eigenvalue weighted by Gasteiger charge is 2.17. The largest absolute Gasteiger partial charge is 0.484 e. The van der Waals surface area contributed by atoms with Gasteiger partial charge in [0.25, 0.3) is 11.8 Å². The maximum atomic E-state index is 13.9. The van der Waals surface area contributed by atoms with Gasteiger partial charge < -0.3 is 4.74 Å². The summed E-state index contributed by atoms with van der Waals surface area (Å²) in [7, 11) is 0. The highest BCUT2D eigenvalue weighted by Crippen LogP contribution is 2.17. The molecule has 2 N–H and O–H groups in total. The second kappa shape index (κ2) is 8.34. The topological polar surface area (TPSA) is 85.2 Å². The molecule has 8 heteroatoms. The monoisotopic (exact) mass is 382 g/mol. The van der Waals surface area contributed by atoms with Crippen molar-refractivity contribution in [2.45, 2.75) is 13.8 Å². The molecule has 0 aliphatic carbocycles. The maximum Gasteiger partial charge on any atom is 0.276 e. The van der Waals surface area contributed by atoms with Crippen LogP contribution in [0.5, 0.6) is 5.75 Å². The lowest BCUT2D eigenvalue weighted by Gasteiger charge is -2.09. The highest BCUT2D eigenvalue weighted by atomic mass is 19.1. The van der Waals surface area contributed by atoms with Crippen LogP contribution in [0.3, 0.4) is 0 Å². The van der Waals surface area contributed by atoms with Crippen molar-refractivity contribution < 1.29 is 18.7 Å². The standard InChI is InChI=1S/C20H19FN4O3/c1-13-6-5-7-15(10-13)28-12-19(26)23-24-20(27)16-11-22-25(14(16)2)18-9-4-3-8-17(18)21/h3-11H,12H2,1-2H3,(H,23,26)(H,24,27). The average Bonchev–Trinajstić information content (AvgIpc) is 3.06. The van der Waals surface area contributed by atoms with Gasteiger partial charge in [0.2, 0.25) is 0 Å². The van der Waals surface area contributed by atoms with E-state index in [0.717, 1.165) is 5.56 Å². The van der Waals surface area contributed by atoms with Gasteiger partial charge in [-0.1, -0.05) is 24.3 Å². The molecule has 0 saturated heterocycles. The molecule has 0 aliphatic rings. The molecular weight excluding hydrogens is 363 g/mol. The number of carbonyl (C=O) groups excluding carboxylic acids is 2. The molecule has 0 saturated carbocycles. The van der Waals surface area contributed by atoms with Crippen molar-refractivity contribution >= 4 is 11.8 Å². The molecule has 28 heavy (non-hydrogen) atoms. The first-order valence-electron chi connectivity index (χ1n) is 8.54. The van der Waals surface area contributed by atoms with Crippen LogP contribution in [0.1, 0.15) is 21.6 Å². The summed E-state index contributed by atoms with van der Waals surface area (Å²) in [6, 6.07) is 13.4. The Kier molecular flexibility index (Phi) is 5.69.